The molecule has 1 aliphatic rings. The van der Waals surface area contributed by atoms with Gasteiger partial charge in [-0.1, -0.05) is 36.6 Å². The number of nitro groups is 1. The van der Waals surface area contributed by atoms with Crippen LogP contribution in [0.25, 0.3) is 0 Å². The van der Waals surface area contributed by atoms with Gasteiger partial charge in [-0.05, 0) is 43.5 Å². The molecule has 0 saturated heterocycles. The number of halogens is 1. The monoisotopic (exact) mass is 566 g/mol. The number of sulfonamides is 1. The molecule has 2 aromatic carbocycles. The molecule has 206 valence electrons. The van der Waals surface area contributed by atoms with E-state index in [1.807, 2.05) is 0 Å². The first kappa shape index (κ1) is 29.2. The Morgan fingerprint density at radius 3 is 2.37 bits per heavy atom. The second-order valence-electron chi connectivity index (χ2n) is 9.20. The number of nitrogens with one attached hydrogen (secondary N) is 1. The van der Waals surface area contributed by atoms with Gasteiger partial charge in [0.2, 0.25) is 21.8 Å². The molecule has 0 aromatic heterocycles. The fourth-order valence-corrected chi connectivity index (χ4v) is 5.31. The van der Waals surface area contributed by atoms with Crippen LogP contribution in [0.4, 0.5) is 11.4 Å². The summed E-state index contributed by atoms with van der Waals surface area (Å²) < 4.78 is 31.6. The molecule has 2 aromatic rings. The van der Waals surface area contributed by atoms with E-state index in [0.29, 0.717) is 10.6 Å². The Bertz CT molecular complexity index is 1280. The quantitative estimate of drug-likeness (QED) is 0.324. The van der Waals surface area contributed by atoms with Gasteiger partial charge in [-0.3, -0.25) is 24.0 Å². The number of nitro benzene ring substituents is 1. The summed E-state index contributed by atoms with van der Waals surface area (Å²) in [4.78, 5) is 38.8. The van der Waals surface area contributed by atoms with Crippen molar-refractivity contribution < 1.29 is 27.7 Å². The van der Waals surface area contributed by atoms with E-state index < -0.39 is 33.4 Å². The van der Waals surface area contributed by atoms with Gasteiger partial charge in [0, 0.05) is 29.7 Å². The molecule has 0 spiro atoms. The molecule has 0 radical (unpaired) electrons. The van der Waals surface area contributed by atoms with Gasteiger partial charge in [0.25, 0.3) is 5.69 Å². The maximum atomic E-state index is 13.7. The van der Waals surface area contributed by atoms with E-state index >= 15 is 0 Å². The highest BCUT2D eigenvalue weighted by Gasteiger charge is 2.33. The molecular weight excluding hydrogens is 536 g/mol. The third kappa shape index (κ3) is 7.35. The second kappa shape index (κ2) is 12.4. The third-order valence-corrected chi connectivity index (χ3v) is 7.83. The van der Waals surface area contributed by atoms with E-state index in [1.165, 1.54) is 24.1 Å². The summed E-state index contributed by atoms with van der Waals surface area (Å²) in [7, 11) is -2.81. The van der Waals surface area contributed by atoms with Crippen molar-refractivity contribution in [2.24, 2.45) is 0 Å². The van der Waals surface area contributed by atoms with Gasteiger partial charge in [-0.15, -0.1) is 0 Å². The Labute approximate surface area is 226 Å². The molecule has 0 aliphatic heterocycles. The number of carbonyl (C=O) groups excluding carboxylic acids is 2. The zero-order valence-electron chi connectivity index (χ0n) is 21.4. The molecule has 38 heavy (non-hydrogen) atoms. The Morgan fingerprint density at radius 2 is 1.82 bits per heavy atom. The zero-order valence-corrected chi connectivity index (χ0v) is 23.0. The first-order chi connectivity index (χ1) is 17.9. The minimum Gasteiger partial charge on any atom is -0.495 e. The van der Waals surface area contributed by atoms with Crippen LogP contribution in [0, 0.1) is 10.1 Å². The van der Waals surface area contributed by atoms with Crippen molar-refractivity contribution in [2.75, 3.05) is 24.2 Å². The van der Waals surface area contributed by atoms with Gasteiger partial charge in [0.05, 0.1) is 18.3 Å². The van der Waals surface area contributed by atoms with Crippen molar-refractivity contribution in [2.45, 2.75) is 51.2 Å². The van der Waals surface area contributed by atoms with E-state index in [2.05, 4.69) is 5.32 Å². The molecule has 0 heterocycles. The molecule has 3 rings (SSSR count). The Kier molecular flexibility index (Phi) is 9.55. The van der Waals surface area contributed by atoms with Crippen LogP contribution in [-0.4, -0.2) is 62.0 Å². The van der Waals surface area contributed by atoms with Gasteiger partial charge >= 0.3 is 0 Å². The van der Waals surface area contributed by atoms with Crippen LogP contribution in [-0.2, 0) is 26.2 Å². The Hall–Kier alpha value is -3.38. The predicted molar refractivity (Wildman–Crippen MR) is 144 cm³/mol. The van der Waals surface area contributed by atoms with Crippen LogP contribution in [0.3, 0.4) is 0 Å². The van der Waals surface area contributed by atoms with Crippen LogP contribution < -0.4 is 14.4 Å². The average molecular weight is 567 g/mol. The van der Waals surface area contributed by atoms with Gasteiger partial charge in [-0.25, -0.2) is 8.42 Å². The lowest BCUT2D eigenvalue weighted by molar-refractivity contribution is -0.384. The molecule has 1 saturated carbocycles. The molecular formula is C25H31ClN4O7S. The number of carbonyl (C=O) groups is 2. The zero-order chi connectivity index (χ0) is 28.0. The molecule has 0 unspecified atom stereocenters. The number of ether oxygens (including phenoxy) is 1. The summed E-state index contributed by atoms with van der Waals surface area (Å²) in [5.41, 5.74) is 0.151. The summed E-state index contributed by atoms with van der Waals surface area (Å²) in [6.07, 6.45) is 4.64. The summed E-state index contributed by atoms with van der Waals surface area (Å²) in [6, 6.07) is 9.30. The van der Waals surface area contributed by atoms with E-state index in [4.69, 9.17) is 16.3 Å². The SMILES string of the molecule is COc1ccc([N+](=O)[O-])cc1N(CC(=O)N(Cc1ccc(Cl)cc1)[C@@H](C)C(=O)NC1CCCC1)S(C)(=O)=O. The normalized spacial score (nSPS) is 14.5. The molecule has 11 nitrogen and oxygen atoms in total. The minimum atomic E-state index is -4.10. The highest BCUT2D eigenvalue weighted by Crippen LogP contribution is 2.34. The minimum absolute atomic E-state index is 0.0128. The van der Waals surface area contributed by atoms with Crippen molar-refractivity contribution in [3.63, 3.8) is 0 Å². The fourth-order valence-electron chi connectivity index (χ4n) is 4.34. The molecule has 2 amide bonds. The van der Waals surface area contributed by atoms with Crippen molar-refractivity contribution in [1.82, 2.24) is 10.2 Å². The maximum Gasteiger partial charge on any atom is 0.271 e. The van der Waals surface area contributed by atoms with E-state index in [-0.39, 0.29) is 35.6 Å². The highest BCUT2D eigenvalue weighted by molar-refractivity contribution is 7.92. The molecule has 1 fully saturated rings. The van der Waals surface area contributed by atoms with Crippen LogP contribution in [0.5, 0.6) is 5.75 Å². The molecule has 13 heteroatoms. The number of rotatable bonds is 11. The van der Waals surface area contributed by atoms with Crippen molar-refractivity contribution in [3.05, 3.63) is 63.2 Å². The van der Waals surface area contributed by atoms with E-state index in [1.54, 1.807) is 31.2 Å². The van der Waals surface area contributed by atoms with Crippen LogP contribution in [0.15, 0.2) is 42.5 Å². The van der Waals surface area contributed by atoms with Crippen LogP contribution in [0.1, 0.15) is 38.2 Å². The summed E-state index contributed by atoms with van der Waals surface area (Å²) in [6.45, 7) is 0.890. The number of non-ortho nitro benzene ring substituents is 1. The number of hydrogen-bond donors (Lipinski definition) is 1. The topological polar surface area (TPSA) is 139 Å². The van der Waals surface area contributed by atoms with Gasteiger partial charge in [0.1, 0.15) is 24.0 Å². The number of methoxy groups -OCH3 is 1. The maximum absolute atomic E-state index is 13.7. The summed E-state index contributed by atoms with van der Waals surface area (Å²) in [5.74, 6) is -0.990. The first-order valence-electron chi connectivity index (χ1n) is 12.0. The average Bonchev–Trinajstić information content (AvgIpc) is 3.38. The van der Waals surface area contributed by atoms with Gasteiger partial charge < -0.3 is 15.0 Å². The molecule has 0 bridgehead atoms. The second-order valence-corrected chi connectivity index (χ2v) is 11.5. The number of benzene rings is 2. The number of hydrogen-bond acceptors (Lipinski definition) is 7. The van der Waals surface area contributed by atoms with E-state index in [9.17, 15) is 28.1 Å². The van der Waals surface area contributed by atoms with Crippen molar-refractivity contribution >= 4 is 44.8 Å². The van der Waals surface area contributed by atoms with Crippen LogP contribution in [0.2, 0.25) is 5.02 Å². The fraction of sp³-hybridized carbons (Fsp3) is 0.440. The Morgan fingerprint density at radius 1 is 1.18 bits per heavy atom. The lowest BCUT2D eigenvalue weighted by atomic mass is 10.1. The molecule has 1 atom stereocenters. The number of amides is 2. The number of nitrogens with zero attached hydrogens (tertiary/aromatic N) is 3. The standard InChI is InChI=1S/C25H31ClN4O7S/c1-17(25(32)27-20-6-4-5-7-20)28(15-18-8-10-19(26)11-9-18)24(31)16-29(38(3,35)36)22-14-21(30(33)34)12-13-23(22)37-2/h8-14,17,20H,4-7,15-16H2,1-3H3,(H,27,32)/t17-/m0/s1. The largest absolute Gasteiger partial charge is 0.495 e. The Balaban J connectivity index is 1.96. The lowest BCUT2D eigenvalue weighted by Gasteiger charge is -2.32. The van der Waals surface area contributed by atoms with Gasteiger partial charge in [0.15, 0.2) is 0 Å². The first-order valence-corrected chi connectivity index (χ1v) is 14.3. The third-order valence-electron chi connectivity index (χ3n) is 6.46. The predicted octanol–water partition coefficient (Wildman–Crippen LogP) is 3.50. The highest BCUT2D eigenvalue weighted by atomic mass is 35.5. The van der Waals surface area contributed by atoms with Crippen LogP contribution >= 0.6 is 11.6 Å². The van der Waals surface area contributed by atoms with Crippen molar-refractivity contribution in [3.8, 4) is 5.75 Å². The molecule has 1 N–H and O–H groups in total. The summed E-state index contributed by atoms with van der Waals surface area (Å²) >= 11 is 5.99. The van der Waals surface area contributed by atoms with E-state index in [0.717, 1.165) is 42.3 Å². The lowest BCUT2D eigenvalue weighted by Crippen LogP contribution is -2.52. The smallest absolute Gasteiger partial charge is 0.271 e. The van der Waals surface area contributed by atoms with Crippen molar-refractivity contribution in [1.29, 1.82) is 0 Å². The number of anilines is 1. The molecule has 1 aliphatic carbocycles. The van der Waals surface area contributed by atoms with Gasteiger partial charge in [-0.2, -0.15) is 0 Å². The summed E-state index contributed by atoms with van der Waals surface area (Å²) in [5, 5.41) is 14.8.